The molecule has 2 rings (SSSR count). The average molecular weight is 438 g/mol. The Bertz CT molecular complexity index is 722. The molecule has 0 spiro atoms. The fraction of sp³-hybridized carbons (Fsp3) is 0.552. The highest BCUT2D eigenvalue weighted by Gasteiger charge is 1.97. The van der Waals surface area contributed by atoms with Crippen molar-refractivity contribution in [2.24, 2.45) is 4.99 Å². The van der Waals surface area contributed by atoms with Gasteiger partial charge in [0.25, 0.3) is 0 Å². The van der Waals surface area contributed by atoms with E-state index in [1.54, 1.807) is 0 Å². The Hall–Kier alpha value is -2.29. The number of hydrogen-bond acceptors (Lipinski definition) is 3. The van der Waals surface area contributed by atoms with Crippen LogP contribution in [0.3, 0.4) is 0 Å². The van der Waals surface area contributed by atoms with E-state index in [-0.39, 0.29) is 0 Å². The molecule has 0 amide bonds. The summed E-state index contributed by atoms with van der Waals surface area (Å²) in [4.78, 5) is 4.57. The molecular weight excluding hydrogens is 394 g/mol. The first-order valence-electron chi connectivity index (χ1n) is 12.8. The van der Waals surface area contributed by atoms with E-state index >= 15 is 0 Å². The van der Waals surface area contributed by atoms with Gasteiger partial charge in [-0.3, -0.25) is 4.99 Å². The molecule has 3 nitrogen and oxygen atoms in total. The molecule has 0 atom stereocenters. The van der Waals surface area contributed by atoms with Gasteiger partial charge in [-0.15, -0.1) is 0 Å². The molecule has 0 bridgehead atoms. The summed E-state index contributed by atoms with van der Waals surface area (Å²) in [5, 5.41) is 0. The topological polar surface area (TPSA) is 30.8 Å². The monoisotopic (exact) mass is 437 g/mol. The smallest absolute Gasteiger partial charge is 0.119 e. The number of rotatable bonds is 18. The van der Waals surface area contributed by atoms with Gasteiger partial charge in [-0.1, -0.05) is 78.1 Å². The second-order valence-electron chi connectivity index (χ2n) is 8.55. The lowest BCUT2D eigenvalue weighted by Crippen LogP contribution is -1.97. The maximum absolute atomic E-state index is 5.88. The SMILES string of the molecule is CCCCCCCCCCCOc1ccc(N=Cc2ccc(OCCCCC)cc2)cc1. The molecule has 0 unspecified atom stereocenters. The lowest BCUT2D eigenvalue weighted by molar-refractivity contribution is 0.304. The van der Waals surface area contributed by atoms with Crippen molar-refractivity contribution in [3.8, 4) is 11.5 Å². The van der Waals surface area contributed by atoms with Crippen LogP contribution in [0.1, 0.15) is 96.5 Å². The van der Waals surface area contributed by atoms with Crippen LogP contribution in [0.2, 0.25) is 0 Å². The number of unbranched alkanes of at least 4 members (excludes halogenated alkanes) is 10. The zero-order valence-corrected chi connectivity index (χ0v) is 20.4. The highest BCUT2D eigenvalue weighted by Crippen LogP contribution is 2.19. The van der Waals surface area contributed by atoms with Crippen LogP contribution in [-0.4, -0.2) is 19.4 Å². The van der Waals surface area contributed by atoms with Crippen LogP contribution >= 0.6 is 0 Å². The number of ether oxygens (including phenoxy) is 2. The van der Waals surface area contributed by atoms with Gasteiger partial charge >= 0.3 is 0 Å². The second kappa shape index (κ2) is 17.3. The van der Waals surface area contributed by atoms with E-state index in [9.17, 15) is 0 Å². The average Bonchev–Trinajstić information content (AvgIpc) is 2.83. The van der Waals surface area contributed by atoms with Gasteiger partial charge in [0.2, 0.25) is 0 Å². The Kier molecular flexibility index (Phi) is 14.0. The third-order valence-corrected chi connectivity index (χ3v) is 5.61. The minimum Gasteiger partial charge on any atom is -0.494 e. The van der Waals surface area contributed by atoms with E-state index in [4.69, 9.17) is 9.47 Å². The molecule has 3 heteroatoms. The molecule has 0 aromatic heterocycles. The third-order valence-electron chi connectivity index (χ3n) is 5.61. The van der Waals surface area contributed by atoms with Gasteiger partial charge in [0, 0.05) is 6.21 Å². The van der Waals surface area contributed by atoms with Crippen molar-refractivity contribution in [1.82, 2.24) is 0 Å². The molecule has 2 aromatic rings. The summed E-state index contributed by atoms with van der Waals surface area (Å²) in [6.07, 6.45) is 17.4. The summed E-state index contributed by atoms with van der Waals surface area (Å²) in [5.41, 5.74) is 2.00. The molecule has 0 aliphatic carbocycles. The second-order valence-corrected chi connectivity index (χ2v) is 8.55. The van der Waals surface area contributed by atoms with E-state index in [1.807, 2.05) is 54.7 Å². The minimum atomic E-state index is 0.787. The van der Waals surface area contributed by atoms with Crippen molar-refractivity contribution in [2.45, 2.75) is 90.9 Å². The van der Waals surface area contributed by atoms with E-state index < -0.39 is 0 Å². The Balaban J connectivity index is 1.60. The highest BCUT2D eigenvalue weighted by molar-refractivity contribution is 5.82. The summed E-state index contributed by atoms with van der Waals surface area (Å²) in [5.74, 6) is 1.85. The molecule has 0 aliphatic heterocycles. The molecule has 0 saturated heterocycles. The fourth-order valence-corrected chi connectivity index (χ4v) is 3.57. The number of aliphatic imine (C=N–C) groups is 1. The quantitative estimate of drug-likeness (QED) is 0.172. The first-order valence-corrected chi connectivity index (χ1v) is 12.8. The molecule has 0 N–H and O–H groups in total. The van der Waals surface area contributed by atoms with Crippen LogP contribution in [0.15, 0.2) is 53.5 Å². The van der Waals surface area contributed by atoms with Gasteiger partial charge in [-0.05, 0) is 66.9 Å². The van der Waals surface area contributed by atoms with Crippen LogP contribution in [0, 0.1) is 0 Å². The fourth-order valence-electron chi connectivity index (χ4n) is 3.57. The summed E-state index contributed by atoms with van der Waals surface area (Å²) in [7, 11) is 0. The molecule has 0 saturated carbocycles. The van der Waals surface area contributed by atoms with Crippen molar-refractivity contribution in [3.63, 3.8) is 0 Å². The van der Waals surface area contributed by atoms with Crippen molar-refractivity contribution >= 4 is 11.9 Å². The Morgan fingerprint density at radius 3 is 1.56 bits per heavy atom. The zero-order chi connectivity index (χ0) is 22.7. The van der Waals surface area contributed by atoms with Crippen molar-refractivity contribution in [1.29, 1.82) is 0 Å². The van der Waals surface area contributed by atoms with Gasteiger partial charge in [-0.2, -0.15) is 0 Å². The lowest BCUT2D eigenvalue weighted by Gasteiger charge is -2.06. The van der Waals surface area contributed by atoms with E-state index in [0.29, 0.717) is 0 Å². The van der Waals surface area contributed by atoms with Gasteiger partial charge in [0.05, 0.1) is 18.9 Å². The predicted octanol–water partition coefficient (Wildman–Crippen LogP) is 8.92. The van der Waals surface area contributed by atoms with Crippen molar-refractivity contribution in [2.75, 3.05) is 13.2 Å². The molecular formula is C29H43NO2. The largest absolute Gasteiger partial charge is 0.494 e. The number of hydrogen-bond donors (Lipinski definition) is 0. The molecule has 0 fully saturated rings. The van der Waals surface area contributed by atoms with Gasteiger partial charge in [-0.25, -0.2) is 0 Å². The van der Waals surface area contributed by atoms with Crippen molar-refractivity contribution < 1.29 is 9.47 Å². The van der Waals surface area contributed by atoms with E-state index in [1.165, 1.54) is 64.2 Å². The maximum atomic E-state index is 5.88. The first kappa shape index (κ1) is 26.0. The van der Waals surface area contributed by atoms with Crippen LogP contribution < -0.4 is 9.47 Å². The van der Waals surface area contributed by atoms with Gasteiger partial charge in [0.1, 0.15) is 11.5 Å². The Morgan fingerprint density at radius 1 is 0.562 bits per heavy atom. The van der Waals surface area contributed by atoms with Gasteiger partial charge < -0.3 is 9.47 Å². The third kappa shape index (κ3) is 11.9. The molecule has 176 valence electrons. The molecule has 0 radical (unpaired) electrons. The molecule has 0 heterocycles. The van der Waals surface area contributed by atoms with E-state index in [2.05, 4.69) is 18.8 Å². The Morgan fingerprint density at radius 2 is 1.00 bits per heavy atom. The van der Waals surface area contributed by atoms with Crippen LogP contribution in [-0.2, 0) is 0 Å². The lowest BCUT2D eigenvalue weighted by atomic mass is 10.1. The van der Waals surface area contributed by atoms with Gasteiger partial charge in [0.15, 0.2) is 0 Å². The summed E-state index contributed by atoms with van der Waals surface area (Å²) in [6.45, 7) is 6.06. The first-order chi connectivity index (χ1) is 15.8. The maximum Gasteiger partial charge on any atom is 0.119 e. The van der Waals surface area contributed by atoms with Crippen LogP contribution in [0.5, 0.6) is 11.5 Å². The summed E-state index contributed by atoms with van der Waals surface area (Å²) < 4.78 is 11.6. The molecule has 32 heavy (non-hydrogen) atoms. The molecule has 2 aromatic carbocycles. The normalized spacial score (nSPS) is 11.2. The minimum absolute atomic E-state index is 0.787. The predicted molar refractivity (Wildman–Crippen MR) is 138 cm³/mol. The van der Waals surface area contributed by atoms with Crippen LogP contribution in [0.25, 0.3) is 0 Å². The number of nitrogens with zero attached hydrogens (tertiary/aromatic N) is 1. The standard InChI is InChI=1S/C29H43NO2/c1-3-5-7-8-9-10-11-12-14-24-32-29-21-17-27(18-22-29)30-25-26-15-19-28(20-16-26)31-23-13-6-4-2/h15-22,25H,3-14,23-24H2,1-2H3. The highest BCUT2D eigenvalue weighted by atomic mass is 16.5. The summed E-state index contributed by atoms with van der Waals surface area (Å²) >= 11 is 0. The summed E-state index contributed by atoms with van der Waals surface area (Å²) in [6, 6.07) is 16.1. The zero-order valence-electron chi connectivity index (χ0n) is 20.4. The van der Waals surface area contributed by atoms with Crippen molar-refractivity contribution in [3.05, 3.63) is 54.1 Å². The van der Waals surface area contributed by atoms with E-state index in [0.717, 1.165) is 48.8 Å². The van der Waals surface area contributed by atoms with Crippen LogP contribution in [0.4, 0.5) is 5.69 Å². The molecule has 0 aliphatic rings. The Labute approximate surface area is 196 Å². The number of benzene rings is 2.